The summed E-state index contributed by atoms with van der Waals surface area (Å²) in [6, 6.07) is 0. The zero-order chi connectivity index (χ0) is 11.4. The van der Waals surface area contributed by atoms with Gasteiger partial charge >= 0.3 is 0 Å². The molecular formula is C13H19NOS. The van der Waals surface area contributed by atoms with Crippen molar-refractivity contribution in [2.75, 3.05) is 6.61 Å². The van der Waals surface area contributed by atoms with Gasteiger partial charge in [-0.05, 0) is 37.3 Å². The summed E-state index contributed by atoms with van der Waals surface area (Å²) < 4.78 is 0. The fourth-order valence-corrected chi connectivity index (χ4v) is 3.15. The summed E-state index contributed by atoms with van der Waals surface area (Å²) in [6.45, 7) is 2.22. The zero-order valence-electron chi connectivity index (χ0n) is 9.78. The van der Waals surface area contributed by atoms with Crippen LogP contribution in [0.3, 0.4) is 0 Å². The molecular weight excluding hydrogens is 218 g/mol. The standard InChI is InChI=1S/C13H19NOS/c1-10-13(16-9-14-10)7-12(8-15)11-5-3-2-4-6-11/h7,9,11,15H,2-6,8H2,1H3. The van der Waals surface area contributed by atoms with Gasteiger partial charge < -0.3 is 5.11 Å². The summed E-state index contributed by atoms with van der Waals surface area (Å²) in [5.74, 6) is 0.597. The average molecular weight is 237 g/mol. The van der Waals surface area contributed by atoms with Gasteiger partial charge in [0.15, 0.2) is 0 Å². The summed E-state index contributed by atoms with van der Waals surface area (Å²) in [4.78, 5) is 5.44. The molecule has 0 saturated heterocycles. The van der Waals surface area contributed by atoms with E-state index in [0.717, 1.165) is 5.69 Å². The number of hydrogen-bond acceptors (Lipinski definition) is 3. The van der Waals surface area contributed by atoms with Crippen molar-refractivity contribution >= 4 is 17.4 Å². The number of aliphatic hydroxyl groups excluding tert-OH is 1. The number of nitrogens with zero attached hydrogens (tertiary/aromatic N) is 1. The lowest BCUT2D eigenvalue weighted by Crippen LogP contribution is -2.11. The Kier molecular flexibility index (Phi) is 4.13. The highest BCUT2D eigenvalue weighted by molar-refractivity contribution is 7.10. The lowest BCUT2D eigenvalue weighted by atomic mass is 9.83. The first kappa shape index (κ1) is 11.8. The summed E-state index contributed by atoms with van der Waals surface area (Å²) in [5, 5.41) is 9.48. The number of aromatic nitrogens is 1. The largest absolute Gasteiger partial charge is 0.392 e. The average Bonchev–Trinajstić information content (AvgIpc) is 2.73. The number of thiazole rings is 1. The maximum absolute atomic E-state index is 9.48. The second-order valence-corrected chi connectivity index (χ2v) is 5.40. The molecule has 0 amide bonds. The Balaban J connectivity index is 2.14. The fourth-order valence-electron chi connectivity index (χ4n) is 2.38. The monoisotopic (exact) mass is 237 g/mol. The van der Waals surface area contributed by atoms with Crippen LogP contribution in [0, 0.1) is 12.8 Å². The highest BCUT2D eigenvalue weighted by Crippen LogP contribution is 2.31. The van der Waals surface area contributed by atoms with Gasteiger partial charge in [-0.25, -0.2) is 4.98 Å². The molecule has 1 aliphatic rings. The Morgan fingerprint density at radius 1 is 1.50 bits per heavy atom. The van der Waals surface area contributed by atoms with Gasteiger partial charge in [0.05, 0.1) is 17.8 Å². The summed E-state index contributed by atoms with van der Waals surface area (Å²) >= 11 is 1.66. The molecule has 2 nitrogen and oxygen atoms in total. The van der Waals surface area contributed by atoms with Crippen LogP contribution in [0.25, 0.3) is 6.08 Å². The first-order valence-corrected chi connectivity index (χ1v) is 6.90. The summed E-state index contributed by atoms with van der Waals surface area (Å²) in [6.07, 6.45) is 8.61. The lowest BCUT2D eigenvalue weighted by molar-refractivity contribution is 0.295. The normalized spacial score (nSPS) is 19.0. The molecule has 1 N–H and O–H groups in total. The van der Waals surface area contributed by atoms with Gasteiger partial charge in [-0.3, -0.25) is 0 Å². The van der Waals surface area contributed by atoms with Gasteiger partial charge in [0.25, 0.3) is 0 Å². The van der Waals surface area contributed by atoms with Crippen LogP contribution in [-0.4, -0.2) is 16.7 Å². The van der Waals surface area contributed by atoms with Crippen LogP contribution >= 0.6 is 11.3 Å². The molecule has 3 heteroatoms. The van der Waals surface area contributed by atoms with Crippen LogP contribution in [0.5, 0.6) is 0 Å². The molecule has 88 valence electrons. The van der Waals surface area contributed by atoms with E-state index in [0.29, 0.717) is 5.92 Å². The quantitative estimate of drug-likeness (QED) is 0.874. The predicted octanol–water partition coefficient (Wildman–Crippen LogP) is 3.41. The van der Waals surface area contributed by atoms with E-state index in [9.17, 15) is 5.11 Å². The van der Waals surface area contributed by atoms with Crippen LogP contribution in [-0.2, 0) is 0 Å². The van der Waals surface area contributed by atoms with E-state index in [4.69, 9.17) is 0 Å². The summed E-state index contributed by atoms with van der Waals surface area (Å²) in [7, 11) is 0. The van der Waals surface area contributed by atoms with Gasteiger partial charge in [-0.15, -0.1) is 11.3 Å². The molecule has 1 aliphatic carbocycles. The van der Waals surface area contributed by atoms with Crippen LogP contribution in [0.1, 0.15) is 42.7 Å². The SMILES string of the molecule is Cc1ncsc1C=C(CO)C1CCCCC1. The van der Waals surface area contributed by atoms with Crippen LogP contribution in [0.4, 0.5) is 0 Å². The van der Waals surface area contributed by atoms with Crippen LogP contribution in [0.2, 0.25) is 0 Å². The van der Waals surface area contributed by atoms with Gasteiger partial charge in [0.1, 0.15) is 0 Å². The minimum absolute atomic E-state index is 0.196. The van der Waals surface area contributed by atoms with E-state index in [-0.39, 0.29) is 6.61 Å². The first-order chi connectivity index (χ1) is 7.81. The highest BCUT2D eigenvalue weighted by atomic mass is 32.1. The van der Waals surface area contributed by atoms with Crippen molar-refractivity contribution in [1.29, 1.82) is 0 Å². The molecule has 0 aliphatic heterocycles. The molecule has 0 aromatic carbocycles. The minimum Gasteiger partial charge on any atom is -0.392 e. The van der Waals surface area contributed by atoms with Crippen molar-refractivity contribution in [3.05, 3.63) is 21.7 Å². The van der Waals surface area contributed by atoms with E-state index >= 15 is 0 Å². The highest BCUT2D eigenvalue weighted by Gasteiger charge is 2.17. The van der Waals surface area contributed by atoms with Crippen LogP contribution < -0.4 is 0 Å². The van der Waals surface area contributed by atoms with Gasteiger partial charge in [-0.2, -0.15) is 0 Å². The van der Waals surface area contributed by atoms with Gasteiger partial charge in [0.2, 0.25) is 0 Å². The molecule has 1 aromatic rings. The van der Waals surface area contributed by atoms with Crippen molar-refractivity contribution in [2.24, 2.45) is 5.92 Å². The molecule has 1 aromatic heterocycles. The fraction of sp³-hybridized carbons (Fsp3) is 0.615. The lowest BCUT2D eigenvalue weighted by Gasteiger charge is -2.23. The molecule has 0 spiro atoms. The van der Waals surface area contributed by atoms with Crippen molar-refractivity contribution in [3.63, 3.8) is 0 Å². The Hall–Kier alpha value is -0.670. The number of aliphatic hydroxyl groups is 1. The third-order valence-corrected chi connectivity index (χ3v) is 4.29. The second-order valence-electron chi connectivity index (χ2n) is 4.51. The van der Waals surface area contributed by atoms with Crippen molar-refractivity contribution in [2.45, 2.75) is 39.0 Å². The maximum Gasteiger partial charge on any atom is 0.0801 e. The molecule has 1 saturated carbocycles. The third kappa shape index (κ3) is 2.71. The molecule has 0 radical (unpaired) electrons. The van der Waals surface area contributed by atoms with Crippen molar-refractivity contribution < 1.29 is 5.11 Å². The molecule has 0 atom stereocenters. The molecule has 16 heavy (non-hydrogen) atoms. The summed E-state index contributed by atoms with van der Waals surface area (Å²) in [5.41, 5.74) is 4.15. The van der Waals surface area contributed by atoms with E-state index in [1.165, 1.54) is 42.6 Å². The molecule has 1 heterocycles. The number of hydrogen-bond donors (Lipinski definition) is 1. The second kappa shape index (κ2) is 5.60. The molecule has 0 bridgehead atoms. The van der Waals surface area contributed by atoms with E-state index < -0.39 is 0 Å². The number of rotatable bonds is 3. The van der Waals surface area contributed by atoms with E-state index in [2.05, 4.69) is 11.1 Å². The maximum atomic E-state index is 9.48. The Morgan fingerprint density at radius 3 is 2.81 bits per heavy atom. The van der Waals surface area contributed by atoms with Crippen molar-refractivity contribution in [1.82, 2.24) is 4.98 Å². The Morgan fingerprint density at radius 2 is 2.25 bits per heavy atom. The Labute approximate surface area is 101 Å². The first-order valence-electron chi connectivity index (χ1n) is 6.02. The minimum atomic E-state index is 0.196. The zero-order valence-corrected chi connectivity index (χ0v) is 10.6. The molecule has 1 fully saturated rings. The van der Waals surface area contributed by atoms with Crippen LogP contribution in [0.15, 0.2) is 11.1 Å². The topological polar surface area (TPSA) is 33.1 Å². The van der Waals surface area contributed by atoms with E-state index in [1.807, 2.05) is 12.4 Å². The van der Waals surface area contributed by atoms with Gasteiger partial charge in [-0.1, -0.05) is 19.3 Å². The smallest absolute Gasteiger partial charge is 0.0801 e. The number of aryl methyl sites for hydroxylation is 1. The van der Waals surface area contributed by atoms with Gasteiger partial charge in [0, 0.05) is 4.88 Å². The molecule has 0 unspecified atom stereocenters. The Bertz CT molecular complexity index is 364. The third-order valence-electron chi connectivity index (χ3n) is 3.41. The molecule has 2 rings (SSSR count). The van der Waals surface area contributed by atoms with E-state index in [1.54, 1.807) is 11.3 Å². The van der Waals surface area contributed by atoms with Crippen molar-refractivity contribution in [3.8, 4) is 0 Å². The predicted molar refractivity (Wildman–Crippen MR) is 68.5 cm³/mol.